The summed E-state index contributed by atoms with van der Waals surface area (Å²) in [4.78, 5) is 14.1. The Morgan fingerprint density at radius 3 is 2.74 bits per heavy atom. The molecule has 166 valence electrons. The molecule has 1 aliphatic rings. The molecule has 0 saturated carbocycles. The van der Waals surface area contributed by atoms with Gasteiger partial charge in [-0.3, -0.25) is 9.69 Å². The smallest absolute Gasteiger partial charge is 0.254 e. The van der Waals surface area contributed by atoms with Gasteiger partial charge in [-0.1, -0.05) is 29.3 Å². The first-order valence-electron chi connectivity index (χ1n) is 9.52. The van der Waals surface area contributed by atoms with Crippen molar-refractivity contribution < 1.29 is 19.0 Å². The predicted molar refractivity (Wildman–Crippen MR) is 130 cm³/mol. The third kappa shape index (κ3) is 7.21. The summed E-state index contributed by atoms with van der Waals surface area (Å²) in [5.74, 6) is 1.01. The first kappa shape index (κ1) is 24.1. The van der Waals surface area contributed by atoms with E-state index in [4.69, 9.17) is 37.4 Å². The SMILES string of the molecule is COc1cc(/C=N/NC(=O)CN2CCOCC2)cc(I)c1OCc1ccc(Cl)c(Cl)c1. The van der Waals surface area contributed by atoms with Crippen LogP contribution < -0.4 is 14.9 Å². The van der Waals surface area contributed by atoms with Crippen molar-refractivity contribution in [3.63, 3.8) is 0 Å². The highest BCUT2D eigenvalue weighted by Crippen LogP contribution is 2.34. The second-order valence-electron chi connectivity index (χ2n) is 6.75. The summed E-state index contributed by atoms with van der Waals surface area (Å²) < 4.78 is 17.6. The number of methoxy groups -OCH3 is 1. The number of nitrogens with zero attached hydrogens (tertiary/aromatic N) is 2. The summed E-state index contributed by atoms with van der Waals surface area (Å²) in [5, 5.41) is 5.03. The van der Waals surface area contributed by atoms with E-state index in [2.05, 4.69) is 33.1 Å². The Hall–Kier alpha value is -1.59. The van der Waals surface area contributed by atoms with Crippen LogP contribution in [0, 0.1) is 3.57 Å². The van der Waals surface area contributed by atoms with Crippen molar-refractivity contribution in [1.29, 1.82) is 0 Å². The Morgan fingerprint density at radius 2 is 2.03 bits per heavy atom. The molecule has 1 N–H and O–H groups in total. The number of amides is 1. The van der Waals surface area contributed by atoms with Gasteiger partial charge in [-0.2, -0.15) is 5.10 Å². The van der Waals surface area contributed by atoms with E-state index in [0.29, 0.717) is 47.9 Å². The largest absolute Gasteiger partial charge is 0.493 e. The van der Waals surface area contributed by atoms with Crippen LogP contribution in [0.2, 0.25) is 10.0 Å². The van der Waals surface area contributed by atoms with Gasteiger partial charge < -0.3 is 14.2 Å². The van der Waals surface area contributed by atoms with E-state index in [-0.39, 0.29) is 5.91 Å². The van der Waals surface area contributed by atoms with E-state index in [1.807, 2.05) is 17.0 Å². The summed E-state index contributed by atoms with van der Waals surface area (Å²) in [5.41, 5.74) is 4.22. The lowest BCUT2D eigenvalue weighted by molar-refractivity contribution is -0.123. The van der Waals surface area contributed by atoms with Gasteiger partial charge in [0.2, 0.25) is 0 Å². The molecule has 7 nitrogen and oxygen atoms in total. The van der Waals surface area contributed by atoms with Gasteiger partial charge in [0.05, 0.1) is 46.7 Å². The third-order valence-electron chi connectivity index (χ3n) is 4.49. The number of morpholine rings is 1. The highest BCUT2D eigenvalue weighted by molar-refractivity contribution is 14.1. The molecule has 0 aromatic heterocycles. The van der Waals surface area contributed by atoms with Crippen molar-refractivity contribution in [2.24, 2.45) is 5.10 Å². The lowest BCUT2D eigenvalue weighted by Crippen LogP contribution is -2.42. The van der Waals surface area contributed by atoms with Gasteiger partial charge in [-0.25, -0.2) is 5.43 Å². The van der Waals surface area contributed by atoms with Crippen LogP contribution in [0.1, 0.15) is 11.1 Å². The highest BCUT2D eigenvalue weighted by Gasteiger charge is 2.14. The Labute approximate surface area is 204 Å². The molecule has 2 aromatic rings. The number of nitrogens with one attached hydrogen (secondary N) is 1. The van der Waals surface area contributed by atoms with E-state index in [0.717, 1.165) is 27.8 Å². The summed E-state index contributed by atoms with van der Waals surface area (Å²) in [7, 11) is 1.57. The van der Waals surface area contributed by atoms with Gasteiger partial charge in [0.15, 0.2) is 11.5 Å². The van der Waals surface area contributed by atoms with Crippen molar-refractivity contribution in [2.45, 2.75) is 6.61 Å². The number of halogens is 3. The third-order valence-corrected chi connectivity index (χ3v) is 6.03. The summed E-state index contributed by atoms with van der Waals surface area (Å²) in [6.45, 7) is 3.40. The normalized spacial score (nSPS) is 14.6. The zero-order valence-electron chi connectivity index (χ0n) is 16.9. The second kappa shape index (κ2) is 11.9. The van der Waals surface area contributed by atoms with Crippen LogP contribution >= 0.6 is 45.8 Å². The van der Waals surface area contributed by atoms with Gasteiger partial charge >= 0.3 is 0 Å². The van der Waals surface area contributed by atoms with Gasteiger partial charge in [0, 0.05) is 13.1 Å². The van der Waals surface area contributed by atoms with E-state index in [9.17, 15) is 4.79 Å². The molecule has 1 fully saturated rings. The summed E-state index contributed by atoms with van der Waals surface area (Å²) in [6, 6.07) is 9.05. The van der Waals surface area contributed by atoms with Gasteiger partial charge in [0.1, 0.15) is 6.61 Å². The molecule has 1 heterocycles. The number of rotatable bonds is 8. The van der Waals surface area contributed by atoms with Crippen molar-refractivity contribution >= 4 is 57.9 Å². The number of ether oxygens (including phenoxy) is 3. The maximum absolute atomic E-state index is 12.0. The maximum Gasteiger partial charge on any atom is 0.254 e. The molecule has 10 heteroatoms. The van der Waals surface area contributed by atoms with Gasteiger partial charge in [0.25, 0.3) is 5.91 Å². The quantitative estimate of drug-likeness (QED) is 0.292. The van der Waals surface area contributed by atoms with Crippen LogP contribution in [0.25, 0.3) is 0 Å². The van der Waals surface area contributed by atoms with Crippen LogP contribution in [0.3, 0.4) is 0 Å². The van der Waals surface area contributed by atoms with Crippen molar-refractivity contribution in [2.75, 3.05) is 40.0 Å². The Balaban J connectivity index is 1.60. The number of hydrogen-bond acceptors (Lipinski definition) is 6. The Morgan fingerprint density at radius 1 is 1.26 bits per heavy atom. The average Bonchev–Trinajstić information content (AvgIpc) is 2.75. The fourth-order valence-electron chi connectivity index (χ4n) is 2.92. The molecule has 0 unspecified atom stereocenters. The minimum absolute atomic E-state index is 0.165. The molecule has 0 atom stereocenters. The van der Waals surface area contributed by atoms with E-state index < -0.39 is 0 Å². The first-order chi connectivity index (χ1) is 15.0. The fourth-order valence-corrected chi connectivity index (χ4v) is 4.02. The predicted octanol–water partition coefficient (Wildman–Crippen LogP) is 3.97. The molecule has 1 amide bonds. The molecule has 0 bridgehead atoms. The molecular formula is C21H22Cl2IN3O4. The van der Waals surface area contributed by atoms with E-state index in [1.54, 1.807) is 31.5 Å². The van der Waals surface area contributed by atoms with Gasteiger partial charge in [-0.15, -0.1) is 0 Å². The monoisotopic (exact) mass is 577 g/mol. The second-order valence-corrected chi connectivity index (χ2v) is 8.73. The van der Waals surface area contributed by atoms with Crippen LogP contribution in [0.5, 0.6) is 11.5 Å². The highest BCUT2D eigenvalue weighted by atomic mass is 127. The molecule has 1 saturated heterocycles. The van der Waals surface area contributed by atoms with Crippen molar-refractivity contribution in [1.82, 2.24) is 10.3 Å². The molecule has 1 aliphatic heterocycles. The molecule has 3 rings (SSSR count). The van der Waals surface area contributed by atoms with E-state index in [1.165, 1.54) is 0 Å². The zero-order valence-corrected chi connectivity index (χ0v) is 20.5. The molecule has 0 spiro atoms. The lowest BCUT2D eigenvalue weighted by Gasteiger charge is -2.25. The van der Waals surface area contributed by atoms with E-state index >= 15 is 0 Å². The number of hydrogen-bond donors (Lipinski definition) is 1. The zero-order chi connectivity index (χ0) is 22.2. The summed E-state index contributed by atoms with van der Waals surface area (Å²) in [6.07, 6.45) is 1.57. The number of carbonyl (C=O) groups excluding carboxylic acids is 1. The molecule has 0 radical (unpaired) electrons. The Kier molecular flexibility index (Phi) is 9.21. The van der Waals surface area contributed by atoms with Crippen molar-refractivity contribution in [3.8, 4) is 11.5 Å². The lowest BCUT2D eigenvalue weighted by atomic mass is 10.2. The van der Waals surface area contributed by atoms with Crippen LogP contribution in [0.4, 0.5) is 0 Å². The minimum atomic E-state index is -0.165. The summed E-state index contributed by atoms with van der Waals surface area (Å²) >= 11 is 14.2. The number of carbonyl (C=O) groups is 1. The average molecular weight is 578 g/mol. The first-order valence-corrected chi connectivity index (χ1v) is 11.4. The molecular weight excluding hydrogens is 556 g/mol. The van der Waals surface area contributed by atoms with Gasteiger partial charge in [-0.05, 0) is 58.0 Å². The van der Waals surface area contributed by atoms with Crippen LogP contribution in [-0.4, -0.2) is 57.0 Å². The molecule has 0 aliphatic carbocycles. The topological polar surface area (TPSA) is 72.4 Å². The van der Waals surface area contributed by atoms with Crippen LogP contribution in [-0.2, 0) is 16.1 Å². The Bertz CT molecular complexity index is 952. The fraction of sp³-hybridized carbons (Fsp3) is 0.333. The number of hydrazone groups is 1. The maximum atomic E-state index is 12.0. The van der Waals surface area contributed by atoms with Crippen LogP contribution in [0.15, 0.2) is 35.4 Å². The molecule has 2 aromatic carbocycles. The standard InChI is InChI=1S/C21H22Cl2IN3O4/c1-29-19-10-15(11-25-26-20(28)12-27-4-6-30-7-5-27)9-18(24)21(19)31-13-14-2-3-16(22)17(23)8-14/h2-3,8-11H,4-7,12-13H2,1H3,(H,26,28)/b25-11+. The number of benzene rings is 2. The van der Waals surface area contributed by atoms with Crippen molar-refractivity contribution in [3.05, 3.63) is 55.1 Å². The molecule has 31 heavy (non-hydrogen) atoms. The minimum Gasteiger partial charge on any atom is -0.493 e.